The molecule has 0 heterocycles. The van der Waals surface area contributed by atoms with Crippen LogP contribution in [-0.4, -0.2) is 47.5 Å². The molecule has 0 aliphatic heterocycles. The number of carbonyl (C=O) groups is 3. The van der Waals surface area contributed by atoms with E-state index >= 15 is 0 Å². The lowest BCUT2D eigenvalue weighted by Gasteiger charge is -2.18. The minimum absolute atomic E-state index is 0.0737. The van der Waals surface area contributed by atoms with Crippen LogP contribution in [0.5, 0.6) is 5.75 Å². The molecule has 0 aliphatic carbocycles. The summed E-state index contributed by atoms with van der Waals surface area (Å²) in [6.45, 7) is 4.97. The van der Waals surface area contributed by atoms with Crippen molar-refractivity contribution in [1.82, 2.24) is 4.90 Å². The Labute approximate surface area is 157 Å². The predicted molar refractivity (Wildman–Crippen MR) is 101 cm³/mol. The normalized spacial score (nSPS) is 10.1. The number of rotatable bonds is 8. The van der Waals surface area contributed by atoms with Crippen molar-refractivity contribution in [3.63, 3.8) is 0 Å². The van der Waals surface area contributed by atoms with Gasteiger partial charge in [-0.15, -0.1) is 0 Å². The summed E-state index contributed by atoms with van der Waals surface area (Å²) in [6, 6.07) is 12.4. The van der Waals surface area contributed by atoms with Gasteiger partial charge in [0.1, 0.15) is 5.75 Å². The summed E-state index contributed by atoms with van der Waals surface area (Å²) < 4.78 is 5.51. The summed E-state index contributed by atoms with van der Waals surface area (Å²) in [5.41, 5.74) is 0.956. The summed E-state index contributed by atoms with van der Waals surface area (Å²) in [4.78, 5) is 36.8. The largest absolute Gasteiger partial charge is 0.484 e. The molecule has 0 aromatic heterocycles. The minimum Gasteiger partial charge on any atom is -0.484 e. The first-order valence-electron chi connectivity index (χ1n) is 8.60. The van der Waals surface area contributed by atoms with E-state index < -0.39 is 5.97 Å². The molecule has 7 nitrogen and oxygen atoms in total. The van der Waals surface area contributed by atoms with Gasteiger partial charge in [-0.05, 0) is 50.2 Å². The molecule has 0 spiro atoms. The van der Waals surface area contributed by atoms with Crippen LogP contribution in [0.15, 0.2) is 48.5 Å². The van der Waals surface area contributed by atoms with Gasteiger partial charge in [0.05, 0.1) is 5.56 Å². The number of hydrogen-bond donors (Lipinski definition) is 2. The zero-order valence-corrected chi connectivity index (χ0v) is 15.3. The van der Waals surface area contributed by atoms with E-state index in [-0.39, 0.29) is 24.0 Å². The molecular weight excluding hydrogens is 348 g/mol. The molecule has 2 amide bonds. The second-order valence-electron chi connectivity index (χ2n) is 5.72. The Hall–Kier alpha value is -3.35. The van der Waals surface area contributed by atoms with Crippen molar-refractivity contribution in [1.29, 1.82) is 0 Å². The van der Waals surface area contributed by atoms with Gasteiger partial charge in [0, 0.05) is 30.4 Å². The van der Waals surface area contributed by atoms with Crippen LogP contribution in [0, 0.1) is 0 Å². The lowest BCUT2D eigenvalue weighted by molar-refractivity contribution is -0.132. The van der Waals surface area contributed by atoms with Crippen LogP contribution in [0.1, 0.15) is 34.6 Å². The number of carboxylic acid groups (broad SMARTS) is 1. The molecule has 0 saturated carbocycles. The second-order valence-corrected chi connectivity index (χ2v) is 5.72. The third-order valence-corrected chi connectivity index (χ3v) is 3.96. The topological polar surface area (TPSA) is 95.9 Å². The molecule has 0 saturated heterocycles. The molecule has 2 aromatic carbocycles. The highest BCUT2D eigenvalue weighted by molar-refractivity contribution is 6.04. The molecule has 0 aliphatic rings. The maximum absolute atomic E-state index is 12.3. The Morgan fingerprint density at radius 3 is 2.22 bits per heavy atom. The number of anilines is 1. The van der Waals surface area contributed by atoms with Crippen LogP contribution < -0.4 is 10.1 Å². The Bertz CT molecular complexity index is 813. The van der Waals surface area contributed by atoms with Crippen LogP contribution >= 0.6 is 0 Å². The van der Waals surface area contributed by atoms with Gasteiger partial charge in [-0.25, -0.2) is 4.79 Å². The number of carboxylic acids is 1. The first kappa shape index (κ1) is 20.0. The highest BCUT2D eigenvalue weighted by atomic mass is 16.5. The number of nitrogens with one attached hydrogen (secondary N) is 1. The molecule has 7 heteroatoms. The summed E-state index contributed by atoms with van der Waals surface area (Å²) in [6.07, 6.45) is 0. The van der Waals surface area contributed by atoms with E-state index in [2.05, 4.69) is 5.32 Å². The van der Waals surface area contributed by atoms with E-state index in [0.29, 0.717) is 30.1 Å². The fraction of sp³-hybridized carbons (Fsp3) is 0.250. The Balaban J connectivity index is 1.99. The molecule has 0 radical (unpaired) electrons. The number of likely N-dealkylation sites (N-methyl/N-ethyl adjacent to an activating group) is 1. The zero-order chi connectivity index (χ0) is 19.8. The van der Waals surface area contributed by atoms with Crippen LogP contribution in [0.25, 0.3) is 0 Å². The summed E-state index contributed by atoms with van der Waals surface area (Å²) in [5.74, 6) is -1.06. The van der Waals surface area contributed by atoms with E-state index in [0.717, 1.165) is 0 Å². The number of aromatic carboxylic acids is 1. The fourth-order valence-corrected chi connectivity index (χ4v) is 2.44. The number of benzene rings is 2. The van der Waals surface area contributed by atoms with Crippen LogP contribution in [0.3, 0.4) is 0 Å². The van der Waals surface area contributed by atoms with E-state index in [1.165, 1.54) is 24.3 Å². The summed E-state index contributed by atoms with van der Waals surface area (Å²) in [5, 5.41) is 11.6. The Morgan fingerprint density at radius 2 is 1.63 bits per heavy atom. The van der Waals surface area contributed by atoms with E-state index in [1.54, 1.807) is 29.2 Å². The Kier molecular flexibility index (Phi) is 6.93. The van der Waals surface area contributed by atoms with Crippen molar-refractivity contribution in [2.24, 2.45) is 0 Å². The maximum atomic E-state index is 12.3. The number of carbonyl (C=O) groups excluding carboxylic acids is 2. The van der Waals surface area contributed by atoms with Gasteiger partial charge in [-0.2, -0.15) is 0 Å². The lowest BCUT2D eigenvalue weighted by Crippen LogP contribution is -2.34. The third-order valence-electron chi connectivity index (χ3n) is 3.96. The lowest BCUT2D eigenvalue weighted by atomic mass is 10.1. The molecule has 0 fully saturated rings. The average molecular weight is 370 g/mol. The molecule has 27 heavy (non-hydrogen) atoms. The molecule has 0 bridgehead atoms. The molecule has 0 atom stereocenters. The van der Waals surface area contributed by atoms with Crippen molar-refractivity contribution in [3.05, 3.63) is 59.7 Å². The van der Waals surface area contributed by atoms with Crippen molar-refractivity contribution < 1.29 is 24.2 Å². The van der Waals surface area contributed by atoms with E-state index in [9.17, 15) is 14.4 Å². The smallest absolute Gasteiger partial charge is 0.335 e. The standard InChI is InChI=1S/C20H22N2O5/c1-3-22(4-2)18(23)13-27-17-7-5-6-16(12-17)21-19(24)14-8-10-15(11-9-14)20(25)26/h5-12H,3-4,13H2,1-2H3,(H,21,24)(H,25,26). The molecule has 142 valence electrons. The zero-order valence-electron chi connectivity index (χ0n) is 15.3. The number of hydrogen-bond acceptors (Lipinski definition) is 4. The van der Waals surface area contributed by atoms with Gasteiger partial charge < -0.3 is 20.1 Å². The minimum atomic E-state index is -1.05. The van der Waals surface area contributed by atoms with Crippen molar-refractivity contribution in [2.75, 3.05) is 25.0 Å². The summed E-state index contributed by atoms with van der Waals surface area (Å²) >= 11 is 0. The van der Waals surface area contributed by atoms with Gasteiger partial charge in [-0.1, -0.05) is 6.07 Å². The monoisotopic (exact) mass is 370 g/mol. The van der Waals surface area contributed by atoms with Gasteiger partial charge in [0.2, 0.25) is 0 Å². The SMILES string of the molecule is CCN(CC)C(=O)COc1cccc(NC(=O)c2ccc(C(=O)O)cc2)c1. The van der Waals surface area contributed by atoms with E-state index in [1.807, 2.05) is 13.8 Å². The molecular formula is C20H22N2O5. The van der Waals surface area contributed by atoms with Gasteiger partial charge >= 0.3 is 5.97 Å². The van der Waals surface area contributed by atoms with Gasteiger partial charge in [0.15, 0.2) is 6.61 Å². The van der Waals surface area contributed by atoms with Crippen molar-refractivity contribution >= 4 is 23.5 Å². The first-order chi connectivity index (χ1) is 12.9. The van der Waals surface area contributed by atoms with Crippen molar-refractivity contribution in [3.8, 4) is 5.75 Å². The predicted octanol–water partition coefficient (Wildman–Crippen LogP) is 2.88. The molecule has 0 unspecified atom stereocenters. The van der Waals surface area contributed by atoms with Gasteiger partial charge in [-0.3, -0.25) is 9.59 Å². The van der Waals surface area contributed by atoms with Crippen LogP contribution in [0.2, 0.25) is 0 Å². The highest BCUT2D eigenvalue weighted by Crippen LogP contribution is 2.18. The molecule has 2 aromatic rings. The quantitative estimate of drug-likeness (QED) is 0.745. The van der Waals surface area contributed by atoms with Gasteiger partial charge in [0.25, 0.3) is 11.8 Å². The highest BCUT2D eigenvalue weighted by Gasteiger charge is 2.11. The maximum Gasteiger partial charge on any atom is 0.335 e. The third kappa shape index (κ3) is 5.57. The number of amides is 2. The second kappa shape index (κ2) is 9.38. The number of ether oxygens (including phenoxy) is 1. The molecule has 2 rings (SSSR count). The van der Waals surface area contributed by atoms with E-state index in [4.69, 9.17) is 9.84 Å². The molecule has 2 N–H and O–H groups in total. The first-order valence-corrected chi connectivity index (χ1v) is 8.60. The van der Waals surface area contributed by atoms with Crippen LogP contribution in [0.4, 0.5) is 5.69 Å². The van der Waals surface area contributed by atoms with Crippen LogP contribution in [-0.2, 0) is 4.79 Å². The Morgan fingerprint density at radius 1 is 1.00 bits per heavy atom. The summed E-state index contributed by atoms with van der Waals surface area (Å²) in [7, 11) is 0. The average Bonchev–Trinajstić information content (AvgIpc) is 2.67. The fourth-order valence-electron chi connectivity index (χ4n) is 2.44. The number of nitrogens with zero attached hydrogens (tertiary/aromatic N) is 1. The van der Waals surface area contributed by atoms with Crippen molar-refractivity contribution in [2.45, 2.75) is 13.8 Å².